The summed E-state index contributed by atoms with van der Waals surface area (Å²) in [6, 6.07) is 21.0. The molecule has 0 atom stereocenters. The molecule has 1 aliphatic rings. The van der Waals surface area contributed by atoms with Gasteiger partial charge in [-0.1, -0.05) is 6.07 Å². The number of hydrogen-bond acceptors (Lipinski definition) is 11. The molecule has 12 nitrogen and oxygen atoms in total. The Morgan fingerprint density at radius 2 is 1.79 bits per heavy atom. The van der Waals surface area contributed by atoms with Crippen LogP contribution in [0.2, 0.25) is 0 Å². The average molecular weight is 564 g/mol. The van der Waals surface area contributed by atoms with Crippen LogP contribution in [0, 0.1) is 11.3 Å². The number of β-amino-alcohol motifs (C(OH)–C–C–N with tert-alkyl or cyclic N) is 1. The molecule has 6 rings (SSSR count). The van der Waals surface area contributed by atoms with Crippen molar-refractivity contribution in [3.8, 4) is 34.6 Å². The molecule has 5 aromatic rings. The second-order valence-electron chi connectivity index (χ2n) is 9.64. The van der Waals surface area contributed by atoms with Gasteiger partial charge >= 0.3 is 0 Å². The fourth-order valence-electron chi connectivity index (χ4n) is 4.92. The summed E-state index contributed by atoms with van der Waals surface area (Å²) in [5.41, 5.74) is 2.50. The maximum absolute atomic E-state index is 10.4. The summed E-state index contributed by atoms with van der Waals surface area (Å²) in [5, 5.41) is 27.7. The van der Waals surface area contributed by atoms with Crippen LogP contribution in [0.3, 0.4) is 0 Å². The van der Waals surface area contributed by atoms with Gasteiger partial charge in [0, 0.05) is 56.2 Å². The maximum Gasteiger partial charge on any atom is 0.256 e. The van der Waals surface area contributed by atoms with Gasteiger partial charge in [0.15, 0.2) is 5.82 Å². The van der Waals surface area contributed by atoms with E-state index >= 15 is 0 Å². The molecule has 0 aliphatic carbocycles. The largest absolute Gasteiger partial charge is 0.497 e. The SMILES string of the molecule is COc1ccc(-c2c(C#N)c(N3CCN(CCO)CC3)nc3nc(Nc4cccc(Oc5cccnc5)c4)nn23)cc1. The molecular formula is C30H29N9O3. The summed E-state index contributed by atoms with van der Waals surface area (Å²) in [4.78, 5) is 17.9. The van der Waals surface area contributed by atoms with Gasteiger partial charge in [-0.05, 0) is 48.5 Å². The molecule has 0 saturated carbocycles. The molecule has 42 heavy (non-hydrogen) atoms. The van der Waals surface area contributed by atoms with E-state index in [4.69, 9.17) is 24.5 Å². The van der Waals surface area contributed by atoms with Gasteiger partial charge < -0.3 is 24.8 Å². The Hall–Kier alpha value is -5.25. The van der Waals surface area contributed by atoms with Crippen LogP contribution in [0.4, 0.5) is 17.5 Å². The molecule has 1 fully saturated rings. The van der Waals surface area contributed by atoms with Gasteiger partial charge in [-0.25, -0.2) is 0 Å². The molecular weight excluding hydrogens is 534 g/mol. The van der Waals surface area contributed by atoms with Crippen LogP contribution in [0.5, 0.6) is 17.2 Å². The highest BCUT2D eigenvalue weighted by atomic mass is 16.5. The third kappa shape index (κ3) is 5.64. The molecule has 2 N–H and O–H groups in total. The molecule has 2 aromatic carbocycles. The number of benzene rings is 2. The second kappa shape index (κ2) is 12.1. The Kier molecular flexibility index (Phi) is 7.76. The number of piperazine rings is 1. The molecule has 12 heteroatoms. The summed E-state index contributed by atoms with van der Waals surface area (Å²) in [6.07, 6.45) is 3.33. The summed E-state index contributed by atoms with van der Waals surface area (Å²) in [7, 11) is 1.61. The van der Waals surface area contributed by atoms with Gasteiger partial charge in [0.1, 0.15) is 28.9 Å². The van der Waals surface area contributed by atoms with Crippen LogP contribution >= 0.6 is 0 Å². The molecule has 0 bridgehead atoms. The Balaban J connectivity index is 1.38. The van der Waals surface area contributed by atoms with E-state index in [2.05, 4.69) is 26.2 Å². The fraction of sp³-hybridized carbons (Fsp3) is 0.233. The van der Waals surface area contributed by atoms with Crippen molar-refractivity contribution in [3.63, 3.8) is 0 Å². The molecule has 3 aromatic heterocycles. The Labute approximate surface area is 242 Å². The number of aliphatic hydroxyl groups is 1. The van der Waals surface area contributed by atoms with Gasteiger partial charge in [0.2, 0.25) is 5.95 Å². The minimum atomic E-state index is 0.114. The third-order valence-electron chi connectivity index (χ3n) is 6.99. The number of nitrogens with one attached hydrogen (secondary N) is 1. The lowest BCUT2D eigenvalue weighted by atomic mass is 10.1. The van der Waals surface area contributed by atoms with Crippen LogP contribution in [-0.4, -0.2) is 81.0 Å². The second-order valence-corrected chi connectivity index (χ2v) is 9.64. The first-order valence-corrected chi connectivity index (χ1v) is 13.5. The Bertz CT molecular complexity index is 1710. The average Bonchev–Trinajstić information content (AvgIpc) is 3.43. The number of nitriles is 1. The maximum atomic E-state index is 10.4. The number of methoxy groups -OCH3 is 1. The number of nitrogens with zero attached hydrogens (tertiary/aromatic N) is 8. The number of aliphatic hydroxyl groups excluding tert-OH is 1. The summed E-state index contributed by atoms with van der Waals surface area (Å²) >= 11 is 0. The lowest BCUT2D eigenvalue weighted by Crippen LogP contribution is -2.47. The highest BCUT2D eigenvalue weighted by Crippen LogP contribution is 2.33. The first-order chi connectivity index (χ1) is 20.6. The van der Waals surface area contributed by atoms with E-state index in [-0.39, 0.29) is 6.61 Å². The monoisotopic (exact) mass is 563 g/mol. The van der Waals surface area contributed by atoms with Crippen molar-refractivity contribution in [2.24, 2.45) is 0 Å². The highest BCUT2D eigenvalue weighted by Gasteiger charge is 2.26. The lowest BCUT2D eigenvalue weighted by Gasteiger charge is -2.35. The molecule has 1 aliphatic heterocycles. The first-order valence-electron chi connectivity index (χ1n) is 13.5. The van der Waals surface area contributed by atoms with E-state index < -0.39 is 0 Å². The molecule has 212 valence electrons. The van der Waals surface area contributed by atoms with E-state index in [0.717, 1.165) is 24.3 Å². The van der Waals surface area contributed by atoms with Crippen molar-refractivity contribution in [1.29, 1.82) is 5.26 Å². The van der Waals surface area contributed by atoms with E-state index in [0.29, 0.717) is 65.7 Å². The standard InChI is InChI=1S/C30H29N9O3/c1-41-23-9-7-21(8-10-23)27-26(19-31)28(38-14-12-37(13-15-38)16-17-40)34-30-35-29(36-39(27)30)33-22-4-2-5-24(18-22)42-25-6-3-11-32-20-25/h2-11,18,20,40H,12-17H2,1H3,(H,33,36). The number of rotatable bonds is 9. The van der Waals surface area contributed by atoms with Gasteiger partial charge in [0.25, 0.3) is 5.78 Å². The van der Waals surface area contributed by atoms with Crippen molar-refractivity contribution < 1.29 is 14.6 Å². The highest BCUT2D eigenvalue weighted by molar-refractivity contribution is 5.77. The molecule has 4 heterocycles. The number of aromatic nitrogens is 5. The van der Waals surface area contributed by atoms with Crippen molar-refractivity contribution in [3.05, 3.63) is 78.6 Å². The number of ether oxygens (including phenoxy) is 2. The number of hydrogen-bond donors (Lipinski definition) is 2. The number of fused-ring (bicyclic) bond motifs is 1. The zero-order chi connectivity index (χ0) is 28.9. The van der Waals surface area contributed by atoms with Crippen LogP contribution in [-0.2, 0) is 0 Å². The van der Waals surface area contributed by atoms with Crippen LogP contribution in [0.1, 0.15) is 5.56 Å². The van der Waals surface area contributed by atoms with Crippen molar-refractivity contribution in [2.75, 3.05) is 56.7 Å². The summed E-state index contributed by atoms with van der Waals surface area (Å²) in [6.45, 7) is 3.59. The molecule has 0 spiro atoms. The van der Waals surface area contributed by atoms with E-state index in [1.54, 1.807) is 24.0 Å². The van der Waals surface area contributed by atoms with Crippen molar-refractivity contribution in [2.45, 2.75) is 0 Å². The van der Waals surface area contributed by atoms with Gasteiger partial charge in [0.05, 0.1) is 25.6 Å². The van der Waals surface area contributed by atoms with Crippen molar-refractivity contribution >= 4 is 23.2 Å². The molecule has 0 amide bonds. The smallest absolute Gasteiger partial charge is 0.256 e. The number of pyridine rings is 1. The summed E-state index contributed by atoms with van der Waals surface area (Å²) < 4.78 is 12.9. The van der Waals surface area contributed by atoms with Gasteiger partial charge in [-0.3, -0.25) is 9.88 Å². The van der Waals surface area contributed by atoms with Crippen molar-refractivity contribution in [1.82, 2.24) is 29.5 Å². The molecule has 0 unspecified atom stereocenters. The molecule has 1 saturated heterocycles. The van der Waals surface area contributed by atoms with Crippen LogP contribution < -0.4 is 19.7 Å². The van der Waals surface area contributed by atoms with E-state index in [1.165, 1.54) is 0 Å². The van der Waals surface area contributed by atoms with Gasteiger partial charge in [-0.2, -0.15) is 19.7 Å². The Morgan fingerprint density at radius 3 is 2.50 bits per heavy atom. The minimum Gasteiger partial charge on any atom is -0.497 e. The minimum absolute atomic E-state index is 0.114. The van der Waals surface area contributed by atoms with Crippen LogP contribution in [0.25, 0.3) is 17.0 Å². The zero-order valence-corrected chi connectivity index (χ0v) is 23.0. The quantitative estimate of drug-likeness (QED) is 0.271. The Morgan fingerprint density at radius 1 is 0.976 bits per heavy atom. The topological polar surface area (TPSA) is 137 Å². The fourth-order valence-corrected chi connectivity index (χ4v) is 4.92. The van der Waals surface area contributed by atoms with E-state index in [1.807, 2.05) is 60.7 Å². The third-order valence-corrected chi connectivity index (χ3v) is 6.99. The molecule has 0 radical (unpaired) electrons. The lowest BCUT2D eigenvalue weighted by molar-refractivity contribution is 0.188. The van der Waals surface area contributed by atoms with E-state index in [9.17, 15) is 10.4 Å². The predicted octanol–water partition coefficient (Wildman–Crippen LogP) is 3.72. The normalized spacial score (nSPS) is 13.6. The van der Waals surface area contributed by atoms with Gasteiger partial charge in [-0.15, -0.1) is 5.10 Å². The summed E-state index contributed by atoms with van der Waals surface area (Å²) in [5.74, 6) is 3.20. The zero-order valence-electron chi connectivity index (χ0n) is 23.0. The predicted molar refractivity (Wildman–Crippen MR) is 157 cm³/mol. The first kappa shape index (κ1) is 26.9. The van der Waals surface area contributed by atoms with Crippen LogP contribution in [0.15, 0.2) is 73.1 Å². The number of anilines is 3.